The van der Waals surface area contributed by atoms with E-state index in [1.54, 1.807) is 18.0 Å². The molecule has 0 radical (unpaired) electrons. The number of allylic oxidation sites excluding steroid dienone is 1. The van der Waals surface area contributed by atoms with E-state index in [0.29, 0.717) is 25.2 Å². The highest BCUT2D eigenvalue weighted by molar-refractivity contribution is 5.94. The quantitative estimate of drug-likeness (QED) is 0.573. The van der Waals surface area contributed by atoms with Gasteiger partial charge in [-0.3, -0.25) is 9.69 Å². The maximum atomic E-state index is 14.9. The minimum Gasteiger partial charge on any atom is -0.343 e. The highest BCUT2D eigenvalue weighted by Crippen LogP contribution is 2.51. The molecule has 1 aliphatic heterocycles. The fraction of sp³-hybridized carbons (Fsp3) is 0.476. The molecular weight excluding hydrogens is 372 g/mol. The average molecular weight is 394 g/mol. The second-order valence-electron chi connectivity index (χ2n) is 7.63. The number of benzene rings is 1. The summed E-state index contributed by atoms with van der Waals surface area (Å²) in [5.41, 5.74) is 0.633. The third-order valence-electron chi connectivity index (χ3n) is 6.22. The Labute approximate surface area is 161 Å². The molecule has 1 amide bonds. The molecule has 0 unspecified atom stereocenters. The first-order chi connectivity index (χ1) is 13.3. The lowest BCUT2D eigenvalue weighted by atomic mass is 9.76. The normalized spacial score (nSPS) is 23.5. The van der Waals surface area contributed by atoms with Gasteiger partial charge in [0.25, 0.3) is 0 Å². The Bertz CT molecular complexity index is 933. The molecule has 0 aromatic heterocycles. The Hall–Kier alpha value is -2.15. The summed E-state index contributed by atoms with van der Waals surface area (Å²) in [7, 11) is 1.79. The van der Waals surface area contributed by atoms with Crippen LogP contribution in [0.15, 0.2) is 11.9 Å². The summed E-state index contributed by atoms with van der Waals surface area (Å²) in [4.78, 5) is 16.4. The minimum atomic E-state index is -1.58. The zero-order chi connectivity index (χ0) is 20.3. The van der Waals surface area contributed by atoms with Gasteiger partial charge in [-0.2, -0.15) is 0 Å². The van der Waals surface area contributed by atoms with E-state index >= 15 is 0 Å². The molecule has 0 spiro atoms. The van der Waals surface area contributed by atoms with E-state index in [4.69, 9.17) is 0 Å². The summed E-state index contributed by atoms with van der Waals surface area (Å²) < 4.78 is 57.9. The van der Waals surface area contributed by atoms with Crippen LogP contribution in [0.4, 0.5) is 17.6 Å². The smallest absolute Gasteiger partial charge is 0.230 e. The Morgan fingerprint density at radius 2 is 1.79 bits per heavy atom. The monoisotopic (exact) mass is 394 g/mol. The van der Waals surface area contributed by atoms with Crippen LogP contribution < -0.4 is 0 Å². The molecule has 28 heavy (non-hydrogen) atoms. The molecule has 0 fully saturated rings. The maximum absolute atomic E-state index is 14.9. The van der Waals surface area contributed by atoms with Crippen molar-refractivity contribution < 1.29 is 22.4 Å². The molecule has 0 saturated heterocycles. The molecule has 0 N–H and O–H groups in total. The number of carbonyl (C=O) groups is 1. The molecule has 0 bridgehead atoms. The maximum Gasteiger partial charge on any atom is 0.230 e. The summed E-state index contributed by atoms with van der Waals surface area (Å²) in [5.74, 6) is -5.34. The molecule has 150 valence electrons. The predicted octanol–water partition coefficient (Wildman–Crippen LogP) is 3.93. The fourth-order valence-electron chi connectivity index (χ4n) is 4.77. The lowest BCUT2D eigenvalue weighted by molar-refractivity contribution is -0.134. The third kappa shape index (κ3) is 2.55. The molecule has 1 aromatic rings. The van der Waals surface area contributed by atoms with Crippen LogP contribution in [-0.4, -0.2) is 48.4 Å². The number of nitrogens with zero attached hydrogens (tertiary/aromatic N) is 2. The van der Waals surface area contributed by atoms with Gasteiger partial charge in [0.05, 0.1) is 5.92 Å². The van der Waals surface area contributed by atoms with E-state index in [1.165, 1.54) is 0 Å². The van der Waals surface area contributed by atoms with Gasteiger partial charge in [-0.05, 0) is 44.0 Å². The zero-order valence-corrected chi connectivity index (χ0v) is 16.1. The lowest BCUT2D eigenvalue weighted by Gasteiger charge is -2.41. The molecule has 7 heteroatoms. The van der Waals surface area contributed by atoms with E-state index in [2.05, 4.69) is 0 Å². The highest BCUT2D eigenvalue weighted by Gasteiger charge is 2.44. The Morgan fingerprint density at radius 1 is 1.11 bits per heavy atom. The van der Waals surface area contributed by atoms with Crippen molar-refractivity contribution in [1.29, 1.82) is 0 Å². The molecule has 1 heterocycles. The van der Waals surface area contributed by atoms with Crippen molar-refractivity contribution in [2.24, 2.45) is 5.92 Å². The van der Waals surface area contributed by atoms with Gasteiger partial charge in [0, 0.05) is 43.2 Å². The van der Waals surface area contributed by atoms with Crippen molar-refractivity contribution in [3.63, 3.8) is 0 Å². The van der Waals surface area contributed by atoms with Crippen LogP contribution in [0.5, 0.6) is 0 Å². The van der Waals surface area contributed by atoms with Crippen LogP contribution >= 0.6 is 0 Å². The highest BCUT2D eigenvalue weighted by atomic mass is 19.2. The number of rotatable bonds is 3. The largest absolute Gasteiger partial charge is 0.343 e. The summed E-state index contributed by atoms with van der Waals surface area (Å²) in [6, 6.07) is -0.376. The number of fused-ring (bicyclic) bond motifs is 2. The fourth-order valence-corrected chi connectivity index (χ4v) is 4.77. The van der Waals surface area contributed by atoms with Crippen LogP contribution in [0, 0.1) is 23.4 Å². The Morgan fingerprint density at radius 3 is 2.43 bits per heavy atom. The van der Waals surface area contributed by atoms with E-state index in [0.717, 1.165) is 0 Å². The van der Waals surface area contributed by atoms with Crippen LogP contribution in [0.25, 0.3) is 11.1 Å². The molecule has 2 aliphatic carbocycles. The van der Waals surface area contributed by atoms with Crippen LogP contribution in [0.1, 0.15) is 37.0 Å². The van der Waals surface area contributed by atoms with Gasteiger partial charge >= 0.3 is 0 Å². The number of hydrogen-bond acceptors (Lipinski definition) is 2. The Balaban J connectivity index is 1.91. The first-order valence-electron chi connectivity index (χ1n) is 9.58. The van der Waals surface area contributed by atoms with Crippen molar-refractivity contribution in [2.45, 2.75) is 32.7 Å². The van der Waals surface area contributed by atoms with Crippen molar-refractivity contribution in [2.75, 3.05) is 26.7 Å². The minimum absolute atomic E-state index is 0.0864. The molecule has 0 saturated carbocycles. The Kier molecular flexibility index (Phi) is 4.61. The van der Waals surface area contributed by atoms with Crippen molar-refractivity contribution in [1.82, 2.24) is 9.80 Å². The van der Waals surface area contributed by atoms with Gasteiger partial charge in [0.15, 0.2) is 17.5 Å². The standard InChI is InChI=1S/C21H22F4N2O/c1-4-27(5-2)21(28)10-6-12-15(26(3)9-10)8-11-14(22)7-13-16(11)17(12)19(24)20(25)18(13)23/h6,10,15H,4-5,7-9H2,1-3H3/t10-,15-/m1/s1. The topological polar surface area (TPSA) is 23.6 Å². The van der Waals surface area contributed by atoms with Gasteiger partial charge in [-0.25, -0.2) is 17.6 Å². The van der Waals surface area contributed by atoms with Crippen LogP contribution in [-0.2, 0) is 11.2 Å². The van der Waals surface area contributed by atoms with Crippen molar-refractivity contribution in [3.8, 4) is 0 Å². The predicted molar refractivity (Wildman–Crippen MR) is 98.5 cm³/mol. The SMILES string of the molecule is CCN(CC)C(=O)[C@@H]1C=C2c3c(F)c(F)c(F)c4c3C(=C(F)C4)C[C@H]2N(C)C1. The summed E-state index contributed by atoms with van der Waals surface area (Å²) >= 11 is 0. The van der Waals surface area contributed by atoms with Crippen molar-refractivity contribution >= 4 is 17.1 Å². The van der Waals surface area contributed by atoms with E-state index in [1.807, 2.05) is 18.7 Å². The molecule has 2 atom stereocenters. The van der Waals surface area contributed by atoms with E-state index in [9.17, 15) is 22.4 Å². The molecular formula is C21H22F4N2O. The summed E-state index contributed by atoms with van der Waals surface area (Å²) in [5, 5.41) is 0. The molecule has 4 rings (SSSR count). The summed E-state index contributed by atoms with van der Waals surface area (Å²) in [6.45, 7) is 5.27. The number of carbonyl (C=O) groups excluding carboxylic acids is 1. The summed E-state index contributed by atoms with van der Waals surface area (Å²) in [6.07, 6.45) is 1.57. The second kappa shape index (κ2) is 6.72. The number of likely N-dealkylation sites (N-methyl/N-ethyl adjacent to an activating group) is 1. The first-order valence-corrected chi connectivity index (χ1v) is 9.58. The second-order valence-corrected chi connectivity index (χ2v) is 7.63. The number of amides is 1. The molecule has 3 aliphatic rings. The van der Waals surface area contributed by atoms with Crippen LogP contribution in [0.2, 0.25) is 0 Å². The lowest BCUT2D eigenvalue weighted by Crippen LogP contribution is -2.47. The zero-order valence-electron chi connectivity index (χ0n) is 16.1. The van der Waals surface area contributed by atoms with Gasteiger partial charge in [0.2, 0.25) is 5.91 Å². The van der Waals surface area contributed by atoms with Gasteiger partial charge in [-0.15, -0.1) is 0 Å². The molecule has 1 aromatic carbocycles. The van der Waals surface area contributed by atoms with E-state index in [-0.39, 0.29) is 47.1 Å². The third-order valence-corrected chi connectivity index (χ3v) is 6.22. The van der Waals surface area contributed by atoms with Gasteiger partial charge in [0.1, 0.15) is 5.83 Å². The van der Waals surface area contributed by atoms with Crippen LogP contribution in [0.3, 0.4) is 0 Å². The number of hydrogen-bond donors (Lipinski definition) is 0. The first kappa shape index (κ1) is 19.2. The number of halogens is 4. The van der Waals surface area contributed by atoms with Gasteiger partial charge in [-0.1, -0.05) is 6.08 Å². The van der Waals surface area contributed by atoms with Gasteiger partial charge < -0.3 is 4.90 Å². The average Bonchev–Trinajstić information content (AvgIpc) is 3.01. The van der Waals surface area contributed by atoms with Crippen molar-refractivity contribution in [3.05, 3.63) is 46.0 Å². The molecule has 3 nitrogen and oxygen atoms in total. The van der Waals surface area contributed by atoms with E-state index < -0.39 is 29.2 Å².